The van der Waals surface area contributed by atoms with Crippen molar-refractivity contribution in [2.24, 2.45) is 0 Å². The molecule has 0 spiro atoms. The highest BCUT2D eigenvalue weighted by Gasteiger charge is 2.15. The largest absolute Gasteiger partial charge is 0.256 e. The maximum atomic E-state index is 2.57. The van der Waals surface area contributed by atoms with Gasteiger partial charge in [0.2, 0.25) is 0 Å². The first kappa shape index (κ1) is 28.2. The number of imidazole rings is 1. The average molecular weight is 434 g/mol. The second-order valence-electron chi connectivity index (χ2n) is 9.86. The zero-order valence-corrected chi connectivity index (χ0v) is 21.8. The Morgan fingerprint density at radius 1 is 0.548 bits per heavy atom. The van der Waals surface area contributed by atoms with Crippen LogP contribution in [0.25, 0.3) is 0 Å². The van der Waals surface area contributed by atoms with Crippen molar-refractivity contribution in [1.29, 1.82) is 0 Å². The lowest BCUT2D eigenvalue weighted by atomic mass is 10.0. The summed E-state index contributed by atoms with van der Waals surface area (Å²) in [6, 6.07) is 0. The molecule has 0 aromatic carbocycles. The summed E-state index contributed by atoms with van der Waals surface area (Å²) in [7, 11) is 0. The minimum atomic E-state index is 1.18. The van der Waals surface area contributed by atoms with Gasteiger partial charge in [-0.1, -0.05) is 124 Å². The van der Waals surface area contributed by atoms with Gasteiger partial charge in [-0.3, -0.25) is 0 Å². The lowest BCUT2D eigenvalue weighted by molar-refractivity contribution is -0.703. The highest BCUT2D eigenvalue weighted by atomic mass is 15.1. The number of rotatable bonds is 23. The summed E-state index contributed by atoms with van der Waals surface area (Å²) in [4.78, 5) is 0. The molecule has 1 rings (SSSR count). The molecule has 1 heterocycles. The van der Waals surface area contributed by atoms with Crippen molar-refractivity contribution in [2.45, 2.75) is 169 Å². The first-order chi connectivity index (χ1) is 15.3. The third kappa shape index (κ3) is 14.8. The van der Waals surface area contributed by atoms with Gasteiger partial charge in [-0.2, -0.15) is 0 Å². The summed E-state index contributed by atoms with van der Waals surface area (Å²) in [6.07, 6.45) is 34.2. The zero-order valence-electron chi connectivity index (χ0n) is 21.8. The van der Waals surface area contributed by atoms with Gasteiger partial charge in [0, 0.05) is 6.42 Å². The maximum absolute atomic E-state index is 2.57. The molecule has 182 valence electrons. The number of aromatic nitrogens is 2. The third-order valence-corrected chi connectivity index (χ3v) is 6.81. The van der Waals surface area contributed by atoms with Gasteiger partial charge in [0.15, 0.2) is 0 Å². The molecular weight excluding hydrogens is 376 g/mol. The van der Waals surface area contributed by atoms with E-state index in [0.29, 0.717) is 0 Å². The van der Waals surface area contributed by atoms with E-state index >= 15 is 0 Å². The zero-order chi connectivity index (χ0) is 22.4. The van der Waals surface area contributed by atoms with E-state index in [1.165, 1.54) is 148 Å². The number of hydrogen-bond donors (Lipinski definition) is 0. The minimum absolute atomic E-state index is 1.18. The van der Waals surface area contributed by atoms with Crippen molar-refractivity contribution in [3.05, 3.63) is 18.2 Å². The van der Waals surface area contributed by atoms with Crippen LogP contribution in [0.2, 0.25) is 0 Å². The molecule has 0 aliphatic heterocycles. The van der Waals surface area contributed by atoms with E-state index in [1.807, 2.05) is 0 Å². The lowest BCUT2D eigenvalue weighted by Gasteiger charge is -2.06. The Hall–Kier alpha value is -0.790. The fourth-order valence-corrected chi connectivity index (χ4v) is 4.80. The molecule has 1 aromatic heterocycles. The van der Waals surface area contributed by atoms with Gasteiger partial charge in [-0.15, -0.1) is 0 Å². The van der Waals surface area contributed by atoms with Crippen LogP contribution in [0.3, 0.4) is 0 Å². The van der Waals surface area contributed by atoms with Crippen LogP contribution in [0, 0.1) is 0 Å². The molecule has 31 heavy (non-hydrogen) atoms. The van der Waals surface area contributed by atoms with Crippen molar-refractivity contribution in [1.82, 2.24) is 4.57 Å². The normalized spacial score (nSPS) is 11.5. The molecule has 0 fully saturated rings. The van der Waals surface area contributed by atoms with Gasteiger partial charge in [-0.05, 0) is 25.7 Å². The average Bonchev–Trinajstić information content (AvgIpc) is 3.15. The second-order valence-corrected chi connectivity index (χ2v) is 9.86. The van der Waals surface area contributed by atoms with Crippen LogP contribution in [0.1, 0.15) is 155 Å². The molecule has 2 nitrogen and oxygen atoms in total. The Morgan fingerprint density at radius 3 is 1.48 bits per heavy atom. The Labute approximate surface area is 196 Å². The molecule has 2 heteroatoms. The summed E-state index contributed by atoms with van der Waals surface area (Å²) >= 11 is 0. The quantitative estimate of drug-likeness (QED) is 0.120. The Bertz CT molecular complexity index is 491. The van der Waals surface area contributed by atoms with Crippen LogP contribution in [0.5, 0.6) is 0 Å². The van der Waals surface area contributed by atoms with E-state index in [1.54, 1.807) is 5.82 Å². The Balaban J connectivity index is 2.16. The van der Waals surface area contributed by atoms with E-state index in [0.717, 1.165) is 0 Å². The molecule has 0 bridgehead atoms. The Kier molecular flexibility index (Phi) is 19.2. The van der Waals surface area contributed by atoms with Crippen LogP contribution in [0.4, 0.5) is 0 Å². The molecular formula is C29H57N2+. The van der Waals surface area contributed by atoms with Gasteiger partial charge in [0.05, 0.1) is 13.1 Å². The molecule has 0 unspecified atom stereocenters. The molecule has 0 saturated carbocycles. The number of nitrogens with zero attached hydrogens (tertiary/aromatic N) is 2. The summed E-state index contributed by atoms with van der Waals surface area (Å²) in [5.74, 6) is 1.58. The van der Waals surface area contributed by atoms with Gasteiger partial charge < -0.3 is 0 Å². The fourth-order valence-electron chi connectivity index (χ4n) is 4.80. The number of aryl methyl sites for hydroxylation is 2. The summed E-state index contributed by atoms with van der Waals surface area (Å²) in [5.41, 5.74) is 0. The predicted molar refractivity (Wildman–Crippen MR) is 138 cm³/mol. The topological polar surface area (TPSA) is 8.81 Å². The maximum Gasteiger partial charge on any atom is 0.256 e. The van der Waals surface area contributed by atoms with Crippen LogP contribution < -0.4 is 4.57 Å². The molecule has 0 aliphatic rings. The summed E-state index contributed by atoms with van der Waals surface area (Å²) in [5, 5.41) is 0. The predicted octanol–water partition coefficient (Wildman–Crippen LogP) is 9.18. The van der Waals surface area contributed by atoms with Crippen molar-refractivity contribution in [3.8, 4) is 0 Å². The Morgan fingerprint density at radius 2 is 1.00 bits per heavy atom. The first-order valence-electron chi connectivity index (χ1n) is 14.4. The molecule has 0 amide bonds. The van der Waals surface area contributed by atoms with E-state index in [4.69, 9.17) is 0 Å². The molecule has 0 atom stereocenters. The highest BCUT2D eigenvalue weighted by molar-refractivity contribution is 4.84. The van der Waals surface area contributed by atoms with Crippen molar-refractivity contribution in [2.75, 3.05) is 0 Å². The SMILES string of the molecule is CCCCCCCCCCCCCCc1n(CCCCCCCCC)cc[n+]1CCC. The molecule has 0 N–H and O–H groups in total. The van der Waals surface area contributed by atoms with Crippen LogP contribution in [0.15, 0.2) is 12.4 Å². The second kappa shape index (κ2) is 21.1. The van der Waals surface area contributed by atoms with Gasteiger partial charge >= 0.3 is 0 Å². The summed E-state index contributed by atoms with van der Waals surface area (Å²) < 4.78 is 5.10. The lowest BCUT2D eigenvalue weighted by Crippen LogP contribution is -2.37. The fraction of sp³-hybridized carbons (Fsp3) is 0.897. The van der Waals surface area contributed by atoms with Crippen molar-refractivity contribution in [3.63, 3.8) is 0 Å². The molecule has 0 aliphatic carbocycles. The molecule has 0 saturated heterocycles. The van der Waals surface area contributed by atoms with Crippen molar-refractivity contribution < 1.29 is 4.57 Å². The molecule has 0 radical (unpaired) electrons. The van der Waals surface area contributed by atoms with Gasteiger partial charge in [0.25, 0.3) is 5.82 Å². The van der Waals surface area contributed by atoms with E-state index in [2.05, 4.69) is 42.3 Å². The number of hydrogen-bond acceptors (Lipinski definition) is 0. The van der Waals surface area contributed by atoms with E-state index < -0.39 is 0 Å². The van der Waals surface area contributed by atoms with E-state index in [-0.39, 0.29) is 0 Å². The van der Waals surface area contributed by atoms with Gasteiger partial charge in [-0.25, -0.2) is 9.13 Å². The van der Waals surface area contributed by atoms with Crippen LogP contribution in [-0.4, -0.2) is 4.57 Å². The highest BCUT2D eigenvalue weighted by Crippen LogP contribution is 2.14. The van der Waals surface area contributed by atoms with Gasteiger partial charge in [0.1, 0.15) is 12.4 Å². The molecule has 1 aromatic rings. The monoisotopic (exact) mass is 433 g/mol. The first-order valence-corrected chi connectivity index (χ1v) is 14.4. The standard InChI is InChI=1S/C29H57N2/c1-4-7-9-11-13-14-15-16-17-18-20-22-24-29-30(25-6-3)27-28-31(29)26-23-21-19-12-10-8-5-2/h27-28H,4-26H2,1-3H3/q+1. The number of unbranched alkanes of at least 4 members (excludes halogenated alkanes) is 17. The van der Waals surface area contributed by atoms with Crippen molar-refractivity contribution >= 4 is 0 Å². The van der Waals surface area contributed by atoms with E-state index in [9.17, 15) is 0 Å². The minimum Gasteiger partial charge on any atom is -0.234 e. The van der Waals surface area contributed by atoms with Crippen LogP contribution in [-0.2, 0) is 19.5 Å². The summed E-state index contributed by atoms with van der Waals surface area (Å²) in [6.45, 7) is 9.30. The smallest absolute Gasteiger partial charge is 0.234 e. The van der Waals surface area contributed by atoms with Crippen LogP contribution >= 0.6 is 0 Å². The third-order valence-electron chi connectivity index (χ3n) is 6.81.